The Morgan fingerprint density at radius 3 is 2.48 bits per heavy atom. The fourth-order valence-electron chi connectivity index (χ4n) is 3.14. The van der Waals surface area contributed by atoms with E-state index in [4.69, 9.17) is 0 Å². The van der Waals surface area contributed by atoms with Gasteiger partial charge in [0.25, 0.3) is 5.91 Å². The molecule has 4 rings (SSSR count). The monoisotopic (exact) mass is 415 g/mol. The van der Waals surface area contributed by atoms with Crippen LogP contribution in [0, 0.1) is 11.6 Å². The van der Waals surface area contributed by atoms with Gasteiger partial charge in [-0.1, -0.05) is 30.3 Å². The Balaban J connectivity index is 1.49. The van der Waals surface area contributed by atoms with E-state index < -0.39 is 11.6 Å². The molecule has 0 aliphatic rings. The van der Waals surface area contributed by atoms with Crippen LogP contribution in [0.3, 0.4) is 0 Å². The highest BCUT2D eigenvalue weighted by Gasteiger charge is 2.10. The van der Waals surface area contributed by atoms with Crippen molar-refractivity contribution >= 4 is 17.4 Å². The number of rotatable bonds is 6. The summed E-state index contributed by atoms with van der Waals surface area (Å²) in [6.07, 6.45) is 1.69. The maximum atomic E-state index is 13.8. The van der Waals surface area contributed by atoms with Gasteiger partial charge < -0.3 is 10.6 Å². The number of para-hydroxylation sites is 1. The summed E-state index contributed by atoms with van der Waals surface area (Å²) < 4.78 is 27.1. The molecule has 1 amide bonds. The first-order valence-corrected chi connectivity index (χ1v) is 9.69. The number of nitrogens with one attached hydrogen (secondary N) is 2. The van der Waals surface area contributed by atoms with Gasteiger partial charge in [-0.25, -0.2) is 13.8 Å². The van der Waals surface area contributed by atoms with Crippen LogP contribution in [-0.4, -0.2) is 10.9 Å². The summed E-state index contributed by atoms with van der Waals surface area (Å²) in [7, 11) is 0. The van der Waals surface area contributed by atoms with Crippen LogP contribution < -0.4 is 10.6 Å². The average molecular weight is 415 g/mol. The fourth-order valence-corrected chi connectivity index (χ4v) is 3.14. The molecule has 2 N–H and O–H groups in total. The Morgan fingerprint density at radius 1 is 0.839 bits per heavy atom. The van der Waals surface area contributed by atoms with E-state index in [2.05, 4.69) is 15.6 Å². The number of hydrogen-bond donors (Lipinski definition) is 2. The molecule has 0 bridgehead atoms. The molecular weight excluding hydrogens is 396 g/mol. The van der Waals surface area contributed by atoms with E-state index in [1.54, 1.807) is 24.4 Å². The predicted octanol–water partition coefficient (Wildman–Crippen LogP) is 5.70. The van der Waals surface area contributed by atoms with Gasteiger partial charge in [0.1, 0.15) is 17.5 Å². The van der Waals surface area contributed by atoms with E-state index in [1.165, 1.54) is 0 Å². The fraction of sp³-hybridized carbons (Fsp3) is 0.0400. The molecule has 6 heteroatoms. The molecule has 0 atom stereocenters. The van der Waals surface area contributed by atoms with Crippen molar-refractivity contribution in [2.75, 3.05) is 5.32 Å². The molecule has 1 heterocycles. The molecule has 0 aliphatic carbocycles. The molecule has 4 aromatic rings. The number of amides is 1. The zero-order chi connectivity index (χ0) is 21.6. The third-order valence-corrected chi connectivity index (χ3v) is 4.71. The normalized spacial score (nSPS) is 10.5. The van der Waals surface area contributed by atoms with Gasteiger partial charge in [0.05, 0.1) is 0 Å². The second-order valence-electron chi connectivity index (χ2n) is 6.92. The Labute approximate surface area is 178 Å². The third-order valence-electron chi connectivity index (χ3n) is 4.71. The summed E-state index contributed by atoms with van der Waals surface area (Å²) in [5.41, 5.74) is 3.16. The van der Waals surface area contributed by atoms with Gasteiger partial charge in [0.2, 0.25) is 0 Å². The summed E-state index contributed by atoms with van der Waals surface area (Å²) in [5, 5.41) is 5.88. The highest BCUT2D eigenvalue weighted by Crippen LogP contribution is 2.24. The standard InChI is InChI=1S/C25H19F2N3O/c26-21-9-10-23(27)20(14-21)16-29-25(31)19-6-4-5-17(13-19)18-11-12-28-24(15-18)30-22-7-2-1-3-8-22/h1-15H,16H2,(H,28,30)(H,29,31). The molecule has 0 fully saturated rings. The van der Waals surface area contributed by atoms with Crippen LogP contribution in [0.15, 0.2) is 91.1 Å². The molecule has 3 aromatic carbocycles. The first-order valence-electron chi connectivity index (χ1n) is 9.69. The maximum absolute atomic E-state index is 13.8. The van der Waals surface area contributed by atoms with E-state index in [1.807, 2.05) is 48.5 Å². The molecule has 1 aromatic heterocycles. The number of pyridine rings is 1. The van der Waals surface area contributed by atoms with Crippen LogP contribution in [0.5, 0.6) is 0 Å². The summed E-state index contributed by atoms with van der Waals surface area (Å²) >= 11 is 0. The zero-order valence-corrected chi connectivity index (χ0v) is 16.5. The highest BCUT2D eigenvalue weighted by molar-refractivity contribution is 5.95. The van der Waals surface area contributed by atoms with Gasteiger partial charge in [-0.3, -0.25) is 4.79 Å². The summed E-state index contributed by atoms with van der Waals surface area (Å²) in [4.78, 5) is 16.9. The number of nitrogens with zero attached hydrogens (tertiary/aromatic N) is 1. The van der Waals surface area contributed by atoms with Gasteiger partial charge >= 0.3 is 0 Å². The van der Waals surface area contributed by atoms with Crippen LogP contribution in [0.1, 0.15) is 15.9 Å². The molecular formula is C25H19F2N3O. The van der Waals surface area contributed by atoms with Crippen molar-refractivity contribution in [2.24, 2.45) is 0 Å². The number of carbonyl (C=O) groups excluding carboxylic acids is 1. The second kappa shape index (κ2) is 9.17. The summed E-state index contributed by atoms with van der Waals surface area (Å²) in [5.74, 6) is -0.807. The summed E-state index contributed by atoms with van der Waals surface area (Å²) in [6, 6.07) is 23.7. The molecule has 0 spiro atoms. The van der Waals surface area contributed by atoms with Crippen LogP contribution in [0.25, 0.3) is 11.1 Å². The molecule has 0 saturated heterocycles. The van der Waals surface area contributed by atoms with Crippen LogP contribution >= 0.6 is 0 Å². The molecule has 0 saturated carbocycles. The smallest absolute Gasteiger partial charge is 0.251 e. The lowest BCUT2D eigenvalue weighted by Crippen LogP contribution is -2.23. The Bertz CT molecular complexity index is 1210. The highest BCUT2D eigenvalue weighted by atomic mass is 19.1. The number of aromatic nitrogens is 1. The average Bonchev–Trinajstić information content (AvgIpc) is 2.80. The Kier molecular flexibility index (Phi) is 5.98. The number of benzene rings is 3. The Hall–Kier alpha value is -4.06. The van der Waals surface area contributed by atoms with Crippen molar-refractivity contribution in [1.29, 1.82) is 0 Å². The van der Waals surface area contributed by atoms with Crippen molar-refractivity contribution in [3.63, 3.8) is 0 Å². The molecule has 0 radical (unpaired) electrons. The van der Waals surface area contributed by atoms with E-state index >= 15 is 0 Å². The largest absolute Gasteiger partial charge is 0.348 e. The van der Waals surface area contributed by atoms with Crippen LogP contribution in [-0.2, 0) is 6.54 Å². The lowest BCUT2D eigenvalue weighted by molar-refractivity contribution is 0.0950. The Morgan fingerprint density at radius 2 is 1.65 bits per heavy atom. The van der Waals surface area contributed by atoms with E-state index in [-0.39, 0.29) is 18.0 Å². The van der Waals surface area contributed by atoms with Gasteiger partial charge in [0.15, 0.2) is 0 Å². The van der Waals surface area contributed by atoms with Crippen LogP contribution in [0.2, 0.25) is 0 Å². The molecule has 31 heavy (non-hydrogen) atoms. The predicted molar refractivity (Wildman–Crippen MR) is 117 cm³/mol. The van der Waals surface area contributed by atoms with Crippen molar-refractivity contribution in [3.05, 3.63) is 114 Å². The van der Waals surface area contributed by atoms with Gasteiger partial charge in [-0.05, 0) is 65.7 Å². The minimum Gasteiger partial charge on any atom is -0.348 e. The lowest BCUT2D eigenvalue weighted by atomic mass is 10.0. The maximum Gasteiger partial charge on any atom is 0.251 e. The van der Waals surface area contributed by atoms with Crippen molar-refractivity contribution in [1.82, 2.24) is 10.3 Å². The third kappa shape index (κ3) is 5.11. The minimum absolute atomic E-state index is 0.0928. The van der Waals surface area contributed by atoms with Gasteiger partial charge in [-0.2, -0.15) is 0 Å². The van der Waals surface area contributed by atoms with Crippen molar-refractivity contribution in [3.8, 4) is 11.1 Å². The van der Waals surface area contributed by atoms with Crippen molar-refractivity contribution < 1.29 is 13.6 Å². The number of hydrogen-bond acceptors (Lipinski definition) is 3. The van der Waals surface area contributed by atoms with E-state index in [0.29, 0.717) is 11.4 Å². The molecule has 154 valence electrons. The summed E-state index contributed by atoms with van der Waals surface area (Å²) in [6.45, 7) is -0.104. The number of carbonyl (C=O) groups is 1. The minimum atomic E-state index is -0.564. The van der Waals surface area contributed by atoms with Gasteiger partial charge in [0, 0.05) is 29.6 Å². The topological polar surface area (TPSA) is 54.0 Å². The van der Waals surface area contributed by atoms with E-state index in [9.17, 15) is 13.6 Å². The molecule has 0 unspecified atom stereocenters. The SMILES string of the molecule is O=C(NCc1cc(F)ccc1F)c1cccc(-c2ccnc(Nc3ccccc3)c2)c1. The molecule has 0 aliphatic heterocycles. The van der Waals surface area contributed by atoms with Crippen LogP contribution in [0.4, 0.5) is 20.3 Å². The van der Waals surface area contributed by atoms with Gasteiger partial charge in [-0.15, -0.1) is 0 Å². The quantitative estimate of drug-likeness (QED) is 0.425. The molecule has 4 nitrogen and oxygen atoms in total. The number of halogens is 2. The zero-order valence-electron chi connectivity index (χ0n) is 16.5. The first-order chi connectivity index (χ1) is 15.1. The van der Waals surface area contributed by atoms with E-state index in [0.717, 1.165) is 35.0 Å². The van der Waals surface area contributed by atoms with Crippen molar-refractivity contribution in [2.45, 2.75) is 6.54 Å². The number of anilines is 2. The lowest BCUT2D eigenvalue weighted by Gasteiger charge is -2.10. The first kappa shape index (κ1) is 20.2. The second-order valence-corrected chi connectivity index (χ2v) is 6.92.